The summed E-state index contributed by atoms with van der Waals surface area (Å²) in [7, 11) is 0. The van der Waals surface area contributed by atoms with Crippen molar-refractivity contribution in [3.8, 4) is 5.88 Å². The summed E-state index contributed by atoms with van der Waals surface area (Å²) in [5.41, 5.74) is 1.25. The Labute approximate surface area is 116 Å². The zero-order chi connectivity index (χ0) is 13.5. The first-order valence-corrected chi connectivity index (χ1v) is 7.61. The zero-order valence-electron chi connectivity index (χ0n) is 12.2. The Bertz CT molecular complexity index is 375. The molecule has 1 aliphatic rings. The maximum Gasteiger partial charge on any atom is 0.213 e. The fourth-order valence-electron chi connectivity index (χ4n) is 2.75. The van der Waals surface area contributed by atoms with E-state index in [2.05, 4.69) is 36.3 Å². The number of aromatic nitrogens is 1. The molecule has 3 heteroatoms. The fourth-order valence-corrected chi connectivity index (χ4v) is 2.75. The van der Waals surface area contributed by atoms with E-state index in [1.165, 1.54) is 37.7 Å². The molecule has 0 bridgehead atoms. The van der Waals surface area contributed by atoms with Crippen LogP contribution in [0.4, 0.5) is 0 Å². The van der Waals surface area contributed by atoms with Crippen LogP contribution in [-0.4, -0.2) is 18.1 Å². The molecule has 1 fully saturated rings. The van der Waals surface area contributed by atoms with Crippen LogP contribution in [0, 0.1) is 5.92 Å². The Hall–Kier alpha value is -1.09. The van der Waals surface area contributed by atoms with Gasteiger partial charge in [-0.3, -0.25) is 0 Å². The van der Waals surface area contributed by atoms with E-state index in [9.17, 15) is 0 Å². The van der Waals surface area contributed by atoms with Crippen LogP contribution in [0.15, 0.2) is 18.3 Å². The Morgan fingerprint density at radius 3 is 2.89 bits per heavy atom. The molecule has 19 heavy (non-hydrogen) atoms. The van der Waals surface area contributed by atoms with Gasteiger partial charge in [0, 0.05) is 18.3 Å². The zero-order valence-corrected chi connectivity index (χ0v) is 12.2. The van der Waals surface area contributed by atoms with Gasteiger partial charge in [0.2, 0.25) is 5.88 Å². The van der Waals surface area contributed by atoms with Gasteiger partial charge < -0.3 is 10.1 Å². The number of hydrogen-bond donors (Lipinski definition) is 1. The summed E-state index contributed by atoms with van der Waals surface area (Å²) < 4.78 is 5.88. The summed E-state index contributed by atoms with van der Waals surface area (Å²) in [4.78, 5) is 4.32. The molecule has 1 saturated carbocycles. The molecule has 1 aromatic rings. The number of nitrogens with zero attached hydrogens (tertiary/aromatic N) is 1. The molecular weight excluding hydrogens is 236 g/mol. The SMILES string of the molecule is CCNC(C)c1ccnc(OCC2CCCCC2)c1. The quantitative estimate of drug-likeness (QED) is 0.848. The van der Waals surface area contributed by atoms with Gasteiger partial charge in [0.25, 0.3) is 0 Å². The van der Waals surface area contributed by atoms with E-state index >= 15 is 0 Å². The lowest BCUT2D eigenvalue weighted by Crippen LogP contribution is -2.18. The first kappa shape index (κ1) is 14.3. The third kappa shape index (κ3) is 4.50. The second-order valence-corrected chi connectivity index (χ2v) is 5.52. The summed E-state index contributed by atoms with van der Waals surface area (Å²) in [6.45, 7) is 6.09. The molecule has 0 aliphatic heterocycles. The largest absolute Gasteiger partial charge is 0.477 e. The number of ether oxygens (including phenoxy) is 1. The fraction of sp³-hybridized carbons (Fsp3) is 0.688. The summed E-state index contributed by atoms with van der Waals surface area (Å²) in [5, 5.41) is 3.41. The van der Waals surface area contributed by atoms with Crippen LogP contribution >= 0.6 is 0 Å². The Morgan fingerprint density at radius 1 is 1.37 bits per heavy atom. The first-order chi connectivity index (χ1) is 9.29. The van der Waals surface area contributed by atoms with E-state index in [-0.39, 0.29) is 0 Å². The van der Waals surface area contributed by atoms with Crippen molar-refractivity contribution < 1.29 is 4.74 Å². The molecule has 1 aromatic heterocycles. The molecule has 3 nitrogen and oxygen atoms in total. The number of hydrogen-bond acceptors (Lipinski definition) is 3. The van der Waals surface area contributed by atoms with E-state index < -0.39 is 0 Å². The molecule has 106 valence electrons. The average molecular weight is 262 g/mol. The second-order valence-electron chi connectivity index (χ2n) is 5.52. The van der Waals surface area contributed by atoms with Gasteiger partial charge >= 0.3 is 0 Å². The van der Waals surface area contributed by atoms with Crippen LogP contribution in [0.25, 0.3) is 0 Å². The van der Waals surface area contributed by atoms with Crippen molar-refractivity contribution in [3.63, 3.8) is 0 Å². The Balaban J connectivity index is 1.87. The molecule has 1 heterocycles. The van der Waals surface area contributed by atoms with Gasteiger partial charge in [0.1, 0.15) is 0 Å². The van der Waals surface area contributed by atoms with E-state index in [1.54, 1.807) is 0 Å². The van der Waals surface area contributed by atoms with Gasteiger partial charge in [0.15, 0.2) is 0 Å². The lowest BCUT2D eigenvalue weighted by molar-refractivity contribution is 0.202. The van der Waals surface area contributed by atoms with Crippen LogP contribution in [0.1, 0.15) is 57.6 Å². The lowest BCUT2D eigenvalue weighted by Gasteiger charge is -2.21. The smallest absolute Gasteiger partial charge is 0.213 e. The minimum atomic E-state index is 0.352. The maximum absolute atomic E-state index is 5.88. The molecule has 0 radical (unpaired) electrons. The normalized spacial score (nSPS) is 18.2. The summed E-state index contributed by atoms with van der Waals surface area (Å²) >= 11 is 0. The van der Waals surface area contributed by atoms with Crippen LogP contribution in [0.3, 0.4) is 0 Å². The molecule has 2 rings (SSSR count). The maximum atomic E-state index is 5.88. The minimum Gasteiger partial charge on any atom is -0.477 e. The Morgan fingerprint density at radius 2 is 2.16 bits per heavy atom. The molecule has 1 aliphatic carbocycles. The second kappa shape index (κ2) is 7.49. The average Bonchev–Trinajstić information content (AvgIpc) is 2.47. The summed E-state index contributed by atoms with van der Waals surface area (Å²) in [6, 6.07) is 4.47. The molecular formula is C16H26N2O. The highest BCUT2D eigenvalue weighted by Crippen LogP contribution is 2.24. The van der Waals surface area contributed by atoms with Gasteiger partial charge in [-0.15, -0.1) is 0 Å². The molecule has 1 atom stereocenters. The standard InChI is InChI=1S/C16H26N2O/c1-3-17-13(2)15-9-10-18-16(11-15)19-12-14-7-5-4-6-8-14/h9-11,13-14,17H,3-8,12H2,1-2H3. The molecule has 0 spiro atoms. The molecule has 0 saturated heterocycles. The Kier molecular flexibility index (Phi) is 5.64. The van der Waals surface area contributed by atoms with Crippen molar-refractivity contribution in [2.24, 2.45) is 5.92 Å². The number of rotatable bonds is 6. The predicted octanol–water partition coefficient (Wildman–Crippen LogP) is 3.71. The third-order valence-electron chi connectivity index (χ3n) is 3.96. The molecule has 0 amide bonds. The highest BCUT2D eigenvalue weighted by molar-refractivity contribution is 5.23. The summed E-state index contributed by atoms with van der Waals surface area (Å²) in [5.74, 6) is 1.50. The van der Waals surface area contributed by atoms with Crippen molar-refractivity contribution in [3.05, 3.63) is 23.9 Å². The predicted molar refractivity (Wildman–Crippen MR) is 78.4 cm³/mol. The first-order valence-electron chi connectivity index (χ1n) is 7.61. The molecule has 1 N–H and O–H groups in total. The summed E-state index contributed by atoms with van der Waals surface area (Å²) in [6.07, 6.45) is 8.59. The van der Waals surface area contributed by atoms with Crippen molar-refractivity contribution >= 4 is 0 Å². The van der Waals surface area contributed by atoms with E-state index in [0.717, 1.165) is 24.9 Å². The van der Waals surface area contributed by atoms with E-state index in [0.29, 0.717) is 6.04 Å². The lowest BCUT2D eigenvalue weighted by atomic mass is 9.90. The topological polar surface area (TPSA) is 34.2 Å². The van der Waals surface area contributed by atoms with Crippen LogP contribution in [0.5, 0.6) is 5.88 Å². The van der Waals surface area contributed by atoms with Gasteiger partial charge in [-0.2, -0.15) is 0 Å². The minimum absolute atomic E-state index is 0.352. The van der Waals surface area contributed by atoms with Crippen LogP contribution in [0.2, 0.25) is 0 Å². The highest BCUT2D eigenvalue weighted by Gasteiger charge is 2.14. The molecule has 0 aromatic carbocycles. The van der Waals surface area contributed by atoms with Gasteiger partial charge in [-0.25, -0.2) is 4.98 Å². The van der Waals surface area contributed by atoms with Crippen molar-refractivity contribution in [2.75, 3.05) is 13.2 Å². The number of nitrogens with one attached hydrogen (secondary N) is 1. The highest BCUT2D eigenvalue weighted by atomic mass is 16.5. The molecule has 1 unspecified atom stereocenters. The third-order valence-corrected chi connectivity index (χ3v) is 3.96. The van der Waals surface area contributed by atoms with E-state index in [1.807, 2.05) is 6.20 Å². The van der Waals surface area contributed by atoms with Crippen molar-refractivity contribution in [1.82, 2.24) is 10.3 Å². The van der Waals surface area contributed by atoms with Gasteiger partial charge in [-0.05, 0) is 43.9 Å². The van der Waals surface area contributed by atoms with Gasteiger partial charge in [-0.1, -0.05) is 26.2 Å². The monoisotopic (exact) mass is 262 g/mol. The number of pyridine rings is 1. The van der Waals surface area contributed by atoms with Crippen LogP contribution in [-0.2, 0) is 0 Å². The van der Waals surface area contributed by atoms with E-state index in [4.69, 9.17) is 4.74 Å². The van der Waals surface area contributed by atoms with Crippen LogP contribution < -0.4 is 10.1 Å². The van der Waals surface area contributed by atoms with Crippen molar-refractivity contribution in [1.29, 1.82) is 0 Å². The van der Waals surface area contributed by atoms with Gasteiger partial charge in [0.05, 0.1) is 6.61 Å². The van der Waals surface area contributed by atoms with Crippen molar-refractivity contribution in [2.45, 2.75) is 52.0 Å².